The quantitative estimate of drug-likeness (QED) is 0.634. The third-order valence-electron chi connectivity index (χ3n) is 3.18. The molecule has 0 amide bonds. The van der Waals surface area contributed by atoms with Gasteiger partial charge in [0.1, 0.15) is 5.82 Å². The molecule has 1 unspecified atom stereocenters. The molecule has 110 valence electrons. The van der Waals surface area contributed by atoms with Gasteiger partial charge in [0.25, 0.3) is 0 Å². The monoisotopic (exact) mass is 346 g/mol. The summed E-state index contributed by atoms with van der Waals surface area (Å²) in [6.07, 6.45) is -0.0693. The SMILES string of the molecule is CCOC(=O)C(CC)(Cc1cc(F)ccc1Br)C(=O)O. The first-order valence-electron chi connectivity index (χ1n) is 6.22. The van der Waals surface area contributed by atoms with Crippen molar-refractivity contribution in [3.8, 4) is 0 Å². The Morgan fingerprint density at radius 3 is 2.55 bits per heavy atom. The lowest BCUT2D eigenvalue weighted by atomic mass is 9.79. The predicted molar refractivity (Wildman–Crippen MR) is 74.8 cm³/mol. The average Bonchev–Trinajstić information content (AvgIpc) is 2.39. The van der Waals surface area contributed by atoms with E-state index in [4.69, 9.17) is 4.74 Å². The lowest BCUT2D eigenvalue weighted by Gasteiger charge is -2.26. The minimum atomic E-state index is -1.70. The molecule has 0 aliphatic heterocycles. The number of benzene rings is 1. The summed E-state index contributed by atoms with van der Waals surface area (Å²) < 4.78 is 18.7. The van der Waals surface area contributed by atoms with E-state index in [-0.39, 0.29) is 19.4 Å². The number of esters is 1. The van der Waals surface area contributed by atoms with E-state index >= 15 is 0 Å². The second-order valence-electron chi connectivity index (χ2n) is 4.37. The molecular weight excluding hydrogens is 331 g/mol. The maximum absolute atomic E-state index is 13.3. The van der Waals surface area contributed by atoms with Gasteiger partial charge in [-0.3, -0.25) is 9.59 Å². The molecule has 0 spiro atoms. The summed E-state index contributed by atoms with van der Waals surface area (Å²) in [5.41, 5.74) is -1.28. The van der Waals surface area contributed by atoms with Crippen LogP contribution in [-0.2, 0) is 20.7 Å². The predicted octanol–water partition coefficient (Wildman–Crippen LogP) is 3.17. The van der Waals surface area contributed by atoms with Gasteiger partial charge in [0.2, 0.25) is 0 Å². The van der Waals surface area contributed by atoms with Crippen molar-refractivity contribution in [2.45, 2.75) is 26.7 Å². The van der Waals surface area contributed by atoms with Gasteiger partial charge in [-0.25, -0.2) is 4.39 Å². The zero-order valence-electron chi connectivity index (χ0n) is 11.3. The highest BCUT2D eigenvalue weighted by molar-refractivity contribution is 9.10. The Labute approximate surface area is 125 Å². The highest BCUT2D eigenvalue weighted by Crippen LogP contribution is 2.32. The molecule has 1 aromatic carbocycles. The maximum Gasteiger partial charge on any atom is 0.323 e. The van der Waals surface area contributed by atoms with Gasteiger partial charge in [-0.2, -0.15) is 0 Å². The first kappa shape index (κ1) is 16.6. The molecule has 0 bridgehead atoms. The molecule has 0 aliphatic carbocycles. The van der Waals surface area contributed by atoms with Crippen LogP contribution in [0.4, 0.5) is 4.39 Å². The molecule has 1 atom stereocenters. The molecule has 1 aromatic rings. The molecule has 0 aromatic heterocycles. The van der Waals surface area contributed by atoms with Crippen molar-refractivity contribution in [2.24, 2.45) is 5.41 Å². The summed E-state index contributed by atoms with van der Waals surface area (Å²) in [5, 5.41) is 9.43. The second-order valence-corrected chi connectivity index (χ2v) is 5.23. The molecule has 0 radical (unpaired) electrons. The fraction of sp³-hybridized carbons (Fsp3) is 0.429. The fourth-order valence-corrected chi connectivity index (χ4v) is 2.32. The normalized spacial score (nSPS) is 13.6. The zero-order chi connectivity index (χ0) is 15.3. The van der Waals surface area contributed by atoms with Crippen LogP contribution in [-0.4, -0.2) is 23.7 Å². The van der Waals surface area contributed by atoms with E-state index in [1.807, 2.05) is 0 Å². The molecule has 0 heterocycles. The van der Waals surface area contributed by atoms with E-state index in [1.54, 1.807) is 13.8 Å². The summed E-state index contributed by atoms with van der Waals surface area (Å²) in [4.78, 5) is 23.6. The molecule has 0 aliphatic rings. The molecule has 4 nitrogen and oxygen atoms in total. The molecule has 1 N–H and O–H groups in total. The molecule has 1 rings (SSSR count). The van der Waals surface area contributed by atoms with Crippen molar-refractivity contribution in [3.05, 3.63) is 34.1 Å². The largest absolute Gasteiger partial charge is 0.480 e. The number of hydrogen-bond donors (Lipinski definition) is 1. The molecule has 20 heavy (non-hydrogen) atoms. The van der Waals surface area contributed by atoms with Crippen molar-refractivity contribution in [2.75, 3.05) is 6.61 Å². The summed E-state index contributed by atoms with van der Waals surface area (Å²) >= 11 is 3.24. The minimum Gasteiger partial charge on any atom is -0.480 e. The van der Waals surface area contributed by atoms with E-state index in [9.17, 15) is 19.1 Å². The molecule has 6 heteroatoms. The fourth-order valence-electron chi connectivity index (χ4n) is 1.93. The Bertz CT molecular complexity index is 518. The Morgan fingerprint density at radius 2 is 2.05 bits per heavy atom. The minimum absolute atomic E-state index is 0.0596. The van der Waals surface area contributed by atoms with Crippen molar-refractivity contribution in [1.82, 2.24) is 0 Å². The van der Waals surface area contributed by atoms with E-state index in [0.717, 1.165) is 0 Å². The standard InChI is InChI=1S/C14H16BrFO4/c1-3-14(12(17)18,13(19)20-4-2)8-9-7-10(16)5-6-11(9)15/h5-7H,3-4,8H2,1-2H3,(H,17,18). The van der Waals surface area contributed by atoms with Gasteiger partial charge in [-0.1, -0.05) is 22.9 Å². The third kappa shape index (κ3) is 3.36. The molecular formula is C14H16BrFO4. The Hall–Kier alpha value is -1.43. The highest BCUT2D eigenvalue weighted by Gasteiger charge is 2.46. The van der Waals surface area contributed by atoms with Gasteiger partial charge in [-0.05, 0) is 37.1 Å². The highest BCUT2D eigenvalue weighted by atomic mass is 79.9. The van der Waals surface area contributed by atoms with Gasteiger partial charge < -0.3 is 9.84 Å². The maximum atomic E-state index is 13.3. The van der Waals surface area contributed by atoms with Crippen LogP contribution in [0.1, 0.15) is 25.8 Å². The van der Waals surface area contributed by atoms with Crippen LogP contribution in [0.5, 0.6) is 0 Å². The van der Waals surface area contributed by atoms with Crippen molar-refractivity contribution in [1.29, 1.82) is 0 Å². The van der Waals surface area contributed by atoms with Crippen LogP contribution >= 0.6 is 15.9 Å². The first-order valence-corrected chi connectivity index (χ1v) is 7.01. The number of hydrogen-bond acceptors (Lipinski definition) is 3. The number of carboxylic acid groups (broad SMARTS) is 1. The number of carbonyl (C=O) groups excluding carboxylic acids is 1. The summed E-state index contributed by atoms with van der Waals surface area (Å²) in [6, 6.07) is 3.96. The lowest BCUT2D eigenvalue weighted by Crippen LogP contribution is -2.42. The molecule has 0 fully saturated rings. The van der Waals surface area contributed by atoms with Crippen LogP contribution in [0.2, 0.25) is 0 Å². The van der Waals surface area contributed by atoms with Gasteiger partial charge in [0.05, 0.1) is 6.61 Å². The second kappa shape index (κ2) is 6.83. The number of ether oxygens (including phenoxy) is 1. The Morgan fingerprint density at radius 1 is 1.40 bits per heavy atom. The van der Waals surface area contributed by atoms with Gasteiger partial charge in [0.15, 0.2) is 5.41 Å². The van der Waals surface area contributed by atoms with E-state index in [2.05, 4.69) is 15.9 Å². The topological polar surface area (TPSA) is 63.6 Å². The van der Waals surface area contributed by atoms with Gasteiger partial charge >= 0.3 is 11.9 Å². The van der Waals surface area contributed by atoms with E-state index in [1.165, 1.54) is 18.2 Å². The van der Waals surface area contributed by atoms with Crippen molar-refractivity contribution in [3.63, 3.8) is 0 Å². The van der Waals surface area contributed by atoms with Crippen molar-refractivity contribution >= 4 is 27.9 Å². The average molecular weight is 347 g/mol. The van der Waals surface area contributed by atoms with Crippen LogP contribution in [0.15, 0.2) is 22.7 Å². The Balaban J connectivity index is 3.22. The van der Waals surface area contributed by atoms with Crippen LogP contribution < -0.4 is 0 Å². The van der Waals surface area contributed by atoms with Gasteiger partial charge in [0, 0.05) is 10.9 Å². The first-order chi connectivity index (χ1) is 9.37. The van der Waals surface area contributed by atoms with Gasteiger partial charge in [-0.15, -0.1) is 0 Å². The summed E-state index contributed by atoms with van der Waals surface area (Å²) in [5.74, 6) is -2.55. The van der Waals surface area contributed by atoms with E-state index in [0.29, 0.717) is 10.0 Å². The number of carbonyl (C=O) groups is 2. The number of halogens is 2. The van der Waals surface area contributed by atoms with Crippen LogP contribution in [0, 0.1) is 11.2 Å². The molecule has 0 saturated carbocycles. The van der Waals surface area contributed by atoms with Crippen LogP contribution in [0.3, 0.4) is 0 Å². The lowest BCUT2D eigenvalue weighted by molar-refractivity contribution is -0.168. The number of rotatable bonds is 6. The zero-order valence-corrected chi connectivity index (χ0v) is 12.9. The Kier molecular flexibility index (Phi) is 5.68. The van der Waals surface area contributed by atoms with E-state index < -0.39 is 23.2 Å². The third-order valence-corrected chi connectivity index (χ3v) is 3.95. The number of aliphatic carboxylic acids is 1. The number of carboxylic acids is 1. The summed E-state index contributed by atoms with van der Waals surface area (Å²) in [6.45, 7) is 3.30. The van der Waals surface area contributed by atoms with Crippen LogP contribution in [0.25, 0.3) is 0 Å². The summed E-state index contributed by atoms with van der Waals surface area (Å²) in [7, 11) is 0. The smallest absolute Gasteiger partial charge is 0.323 e. The van der Waals surface area contributed by atoms with Crippen molar-refractivity contribution < 1.29 is 23.8 Å². The molecule has 0 saturated heterocycles.